The monoisotopic (exact) mass is 306 g/mol. The van der Waals surface area contributed by atoms with Gasteiger partial charge >= 0.3 is 0 Å². The second kappa shape index (κ2) is 5.07. The lowest BCUT2D eigenvalue weighted by molar-refractivity contribution is 0.451. The van der Waals surface area contributed by atoms with Gasteiger partial charge < -0.3 is 10.2 Å². The van der Waals surface area contributed by atoms with Gasteiger partial charge in [-0.05, 0) is 62.1 Å². The van der Waals surface area contributed by atoms with Crippen LogP contribution in [0, 0.1) is 27.7 Å². The van der Waals surface area contributed by atoms with E-state index in [-0.39, 0.29) is 21.3 Å². The molecule has 0 aliphatic heterocycles. The Bertz CT molecular complexity index is 711. The molecule has 0 atom stereocenters. The summed E-state index contributed by atoms with van der Waals surface area (Å²) in [6, 6.07) is 6.18. The Kier molecular flexibility index (Phi) is 3.72. The minimum atomic E-state index is -4.00. The Balaban J connectivity index is 2.81. The van der Waals surface area contributed by atoms with Crippen LogP contribution in [-0.2, 0) is 9.84 Å². The smallest absolute Gasteiger partial charge is 0.214 e. The van der Waals surface area contributed by atoms with Gasteiger partial charge in [0, 0.05) is 0 Å². The fraction of sp³-hybridized carbons (Fsp3) is 0.250. The van der Waals surface area contributed by atoms with Gasteiger partial charge in [0.15, 0.2) is 0 Å². The average molecular weight is 306 g/mol. The summed E-state index contributed by atoms with van der Waals surface area (Å²) in [4.78, 5) is -0.314. The Morgan fingerprint density at radius 2 is 1.05 bits per heavy atom. The highest BCUT2D eigenvalue weighted by Gasteiger charge is 2.28. The van der Waals surface area contributed by atoms with Crippen molar-refractivity contribution in [3.05, 3.63) is 46.5 Å². The summed E-state index contributed by atoms with van der Waals surface area (Å²) in [6.07, 6.45) is 0. The normalized spacial score (nSPS) is 11.6. The molecule has 0 saturated carbocycles. The van der Waals surface area contributed by atoms with Crippen molar-refractivity contribution in [2.75, 3.05) is 0 Å². The molecule has 0 spiro atoms. The summed E-state index contributed by atoms with van der Waals surface area (Å²) in [7, 11) is -4.00. The maximum atomic E-state index is 12.8. The van der Waals surface area contributed by atoms with Gasteiger partial charge in [0.2, 0.25) is 9.84 Å². The van der Waals surface area contributed by atoms with Gasteiger partial charge in [-0.1, -0.05) is 12.1 Å². The third-order valence-corrected chi connectivity index (χ3v) is 5.47. The van der Waals surface area contributed by atoms with Gasteiger partial charge in [-0.2, -0.15) is 0 Å². The number of sulfone groups is 1. The summed E-state index contributed by atoms with van der Waals surface area (Å²) in [6.45, 7) is 6.80. The van der Waals surface area contributed by atoms with Gasteiger partial charge in [0.25, 0.3) is 0 Å². The zero-order chi connectivity index (χ0) is 15.9. The van der Waals surface area contributed by atoms with Crippen molar-refractivity contribution in [1.29, 1.82) is 0 Å². The summed E-state index contributed by atoms with van der Waals surface area (Å²) in [5.74, 6) is -0.598. The minimum Gasteiger partial charge on any atom is -0.507 e. The summed E-state index contributed by atoms with van der Waals surface area (Å²) >= 11 is 0. The van der Waals surface area contributed by atoms with Crippen molar-refractivity contribution in [2.45, 2.75) is 37.5 Å². The fourth-order valence-electron chi connectivity index (χ4n) is 2.67. The average Bonchev–Trinajstić information content (AvgIpc) is 2.23. The molecule has 0 radical (unpaired) electrons. The molecule has 0 fully saturated rings. The molecule has 0 aliphatic carbocycles. The van der Waals surface area contributed by atoms with Crippen molar-refractivity contribution in [3.63, 3.8) is 0 Å². The molecule has 0 unspecified atom stereocenters. The molecule has 2 rings (SSSR count). The van der Waals surface area contributed by atoms with Crippen LogP contribution in [-0.4, -0.2) is 18.6 Å². The lowest BCUT2D eigenvalue weighted by Crippen LogP contribution is -2.07. The third-order valence-electron chi connectivity index (χ3n) is 3.34. The largest absolute Gasteiger partial charge is 0.507 e. The molecule has 4 nitrogen and oxygen atoms in total. The SMILES string of the molecule is Cc1cc(C)c(S(=O)(=O)c2c(C)cc(C)cc2O)c(O)c1. The van der Waals surface area contributed by atoms with E-state index in [1.165, 1.54) is 12.1 Å². The number of phenols is 2. The van der Waals surface area contributed by atoms with Gasteiger partial charge in [0.05, 0.1) is 0 Å². The van der Waals surface area contributed by atoms with Crippen LogP contribution in [0.5, 0.6) is 11.5 Å². The van der Waals surface area contributed by atoms with Gasteiger partial charge in [-0.15, -0.1) is 0 Å². The number of aryl methyl sites for hydroxylation is 4. The second-order valence-electron chi connectivity index (χ2n) is 5.36. The first-order valence-corrected chi connectivity index (χ1v) is 7.98. The third kappa shape index (κ3) is 2.61. The number of rotatable bonds is 2. The first kappa shape index (κ1) is 15.4. The van der Waals surface area contributed by atoms with Gasteiger partial charge in [0.1, 0.15) is 21.3 Å². The molecule has 112 valence electrons. The van der Waals surface area contributed by atoms with Crippen molar-refractivity contribution < 1.29 is 18.6 Å². The van der Waals surface area contributed by atoms with E-state index in [2.05, 4.69) is 0 Å². The number of aromatic hydroxyl groups is 2. The molecule has 2 aromatic rings. The van der Waals surface area contributed by atoms with E-state index in [4.69, 9.17) is 0 Å². The Morgan fingerprint density at radius 1 is 0.714 bits per heavy atom. The zero-order valence-corrected chi connectivity index (χ0v) is 13.2. The highest BCUT2D eigenvalue weighted by atomic mass is 32.2. The summed E-state index contributed by atoms with van der Waals surface area (Å²) in [5, 5.41) is 20.1. The Labute approximate surface area is 124 Å². The van der Waals surface area contributed by atoms with E-state index in [1.807, 2.05) is 0 Å². The highest BCUT2D eigenvalue weighted by molar-refractivity contribution is 7.91. The standard InChI is InChI=1S/C16H18O4S/c1-9-5-11(3)15(13(17)7-9)21(19,20)16-12(4)6-10(2)8-14(16)18/h5-8,17-18H,1-4H3. The van der Waals surface area contributed by atoms with E-state index in [9.17, 15) is 18.6 Å². The second-order valence-corrected chi connectivity index (χ2v) is 7.19. The van der Waals surface area contributed by atoms with Crippen LogP contribution in [0.4, 0.5) is 0 Å². The molecule has 2 aromatic carbocycles. The maximum absolute atomic E-state index is 12.8. The molecule has 0 saturated heterocycles. The Morgan fingerprint density at radius 3 is 1.33 bits per heavy atom. The van der Waals surface area contributed by atoms with E-state index in [0.29, 0.717) is 11.1 Å². The van der Waals surface area contributed by atoms with Crippen LogP contribution in [0.15, 0.2) is 34.1 Å². The van der Waals surface area contributed by atoms with E-state index in [1.54, 1.807) is 39.8 Å². The highest BCUT2D eigenvalue weighted by Crippen LogP contribution is 2.38. The first-order valence-electron chi connectivity index (χ1n) is 6.50. The Hall–Kier alpha value is -2.01. The zero-order valence-electron chi connectivity index (χ0n) is 12.4. The van der Waals surface area contributed by atoms with Gasteiger partial charge in [-0.25, -0.2) is 8.42 Å². The van der Waals surface area contributed by atoms with Crippen molar-refractivity contribution >= 4 is 9.84 Å². The van der Waals surface area contributed by atoms with Crippen LogP contribution in [0.2, 0.25) is 0 Å². The molecule has 0 heterocycles. The van der Waals surface area contributed by atoms with Crippen LogP contribution in [0.25, 0.3) is 0 Å². The predicted molar refractivity (Wildman–Crippen MR) is 80.6 cm³/mol. The number of phenolic OH excluding ortho intramolecular Hbond substituents is 2. The summed E-state index contributed by atoms with van der Waals surface area (Å²) in [5.41, 5.74) is 2.45. The number of hydrogen-bond acceptors (Lipinski definition) is 4. The van der Waals surface area contributed by atoms with Crippen molar-refractivity contribution in [2.24, 2.45) is 0 Å². The summed E-state index contributed by atoms with van der Waals surface area (Å²) < 4.78 is 25.6. The van der Waals surface area contributed by atoms with Crippen LogP contribution in [0.1, 0.15) is 22.3 Å². The van der Waals surface area contributed by atoms with E-state index >= 15 is 0 Å². The molecular formula is C16H18O4S. The van der Waals surface area contributed by atoms with Crippen molar-refractivity contribution in [1.82, 2.24) is 0 Å². The molecule has 0 aromatic heterocycles. The lowest BCUT2D eigenvalue weighted by Gasteiger charge is -2.14. The van der Waals surface area contributed by atoms with Crippen LogP contribution < -0.4 is 0 Å². The molecule has 0 bridgehead atoms. The quantitative estimate of drug-likeness (QED) is 0.893. The molecular weight excluding hydrogens is 288 g/mol. The maximum Gasteiger partial charge on any atom is 0.214 e. The fourth-order valence-corrected chi connectivity index (χ4v) is 4.50. The molecule has 5 heteroatoms. The molecule has 0 aliphatic rings. The number of hydrogen-bond donors (Lipinski definition) is 2. The predicted octanol–water partition coefficient (Wildman–Crippen LogP) is 3.16. The molecule has 0 amide bonds. The van der Waals surface area contributed by atoms with E-state index < -0.39 is 9.84 Å². The van der Waals surface area contributed by atoms with Crippen LogP contribution in [0.3, 0.4) is 0 Å². The molecule has 2 N–H and O–H groups in total. The van der Waals surface area contributed by atoms with Crippen molar-refractivity contribution in [3.8, 4) is 11.5 Å². The lowest BCUT2D eigenvalue weighted by atomic mass is 10.1. The van der Waals surface area contributed by atoms with E-state index in [0.717, 1.165) is 11.1 Å². The first-order chi connectivity index (χ1) is 9.64. The minimum absolute atomic E-state index is 0.157. The topological polar surface area (TPSA) is 74.6 Å². The number of benzene rings is 2. The molecule has 21 heavy (non-hydrogen) atoms. The van der Waals surface area contributed by atoms with Gasteiger partial charge in [-0.3, -0.25) is 0 Å². The van der Waals surface area contributed by atoms with Crippen LogP contribution >= 0.6 is 0 Å².